The summed E-state index contributed by atoms with van der Waals surface area (Å²) in [6.45, 7) is 1.81. The molecule has 0 spiro atoms. The van der Waals surface area contributed by atoms with Gasteiger partial charge in [-0.3, -0.25) is 9.59 Å². The molecule has 0 saturated heterocycles. The molecule has 1 aromatic rings. The summed E-state index contributed by atoms with van der Waals surface area (Å²) in [5.41, 5.74) is 0. The number of carbonyl (C=O) groups is 3. The van der Waals surface area contributed by atoms with Crippen molar-refractivity contribution >= 4 is 29.2 Å². The highest BCUT2D eigenvalue weighted by atomic mass is 32.1. The van der Waals surface area contributed by atoms with E-state index in [9.17, 15) is 14.4 Å². The second kappa shape index (κ2) is 5.44. The number of hydrogen-bond acceptors (Lipinski definition) is 4. The van der Waals surface area contributed by atoms with Crippen LogP contribution in [-0.2, 0) is 9.59 Å². The Morgan fingerprint density at radius 3 is 2.41 bits per heavy atom. The molecule has 0 aliphatic rings. The fraction of sp³-hybridized carbons (Fsp3) is 0.300. The number of carbonyl (C=O) groups excluding carboxylic acids is 1. The van der Waals surface area contributed by atoms with E-state index in [1.165, 1.54) is 11.3 Å². The van der Waals surface area contributed by atoms with Crippen LogP contribution in [-0.4, -0.2) is 34.1 Å². The van der Waals surface area contributed by atoms with E-state index in [4.69, 9.17) is 10.2 Å². The van der Waals surface area contributed by atoms with Crippen molar-refractivity contribution in [2.24, 2.45) is 0 Å². The first-order chi connectivity index (χ1) is 7.90. The van der Waals surface area contributed by atoms with Crippen molar-refractivity contribution < 1.29 is 24.6 Å². The molecule has 0 bridgehead atoms. The van der Waals surface area contributed by atoms with Crippen LogP contribution in [0.15, 0.2) is 12.1 Å². The third kappa shape index (κ3) is 3.87. The van der Waals surface area contributed by atoms with Gasteiger partial charge in [0.15, 0.2) is 0 Å². The van der Waals surface area contributed by atoms with Gasteiger partial charge in [-0.05, 0) is 19.1 Å². The minimum atomic E-state index is -1.41. The minimum Gasteiger partial charge on any atom is -0.481 e. The van der Waals surface area contributed by atoms with Crippen LogP contribution in [0.4, 0.5) is 0 Å². The molecule has 7 heteroatoms. The van der Waals surface area contributed by atoms with Crippen molar-refractivity contribution in [1.82, 2.24) is 5.32 Å². The normalized spacial score (nSPS) is 11.8. The van der Waals surface area contributed by atoms with Crippen LogP contribution in [0, 0.1) is 6.92 Å². The second-order valence-electron chi connectivity index (χ2n) is 3.37. The Labute approximate surface area is 101 Å². The summed E-state index contributed by atoms with van der Waals surface area (Å²) in [6.07, 6.45) is -0.647. The van der Waals surface area contributed by atoms with Gasteiger partial charge >= 0.3 is 11.9 Å². The lowest BCUT2D eigenvalue weighted by Crippen LogP contribution is -2.41. The van der Waals surface area contributed by atoms with Gasteiger partial charge in [-0.15, -0.1) is 11.3 Å². The maximum absolute atomic E-state index is 11.6. The molecule has 0 aliphatic carbocycles. The van der Waals surface area contributed by atoms with Crippen LogP contribution in [0.5, 0.6) is 0 Å². The fourth-order valence-electron chi connectivity index (χ4n) is 1.16. The first-order valence-corrected chi connectivity index (χ1v) is 5.53. The third-order valence-corrected chi connectivity index (χ3v) is 2.95. The summed E-state index contributed by atoms with van der Waals surface area (Å²) in [6, 6.07) is 1.88. The van der Waals surface area contributed by atoms with Gasteiger partial charge in [0.05, 0.1) is 11.3 Å². The molecule has 1 heterocycles. The molecule has 3 N–H and O–H groups in total. The van der Waals surface area contributed by atoms with Gasteiger partial charge in [-0.2, -0.15) is 0 Å². The van der Waals surface area contributed by atoms with E-state index in [-0.39, 0.29) is 0 Å². The molecule has 0 aromatic carbocycles. The maximum atomic E-state index is 11.6. The molecule has 0 unspecified atom stereocenters. The van der Waals surface area contributed by atoms with E-state index in [2.05, 4.69) is 5.32 Å². The number of amides is 1. The number of thiophene rings is 1. The zero-order valence-electron chi connectivity index (χ0n) is 8.97. The lowest BCUT2D eigenvalue weighted by molar-refractivity contribution is -0.145. The predicted molar refractivity (Wildman–Crippen MR) is 60.2 cm³/mol. The van der Waals surface area contributed by atoms with Gasteiger partial charge in [0.2, 0.25) is 0 Å². The number of rotatable bonds is 5. The average molecular weight is 257 g/mol. The maximum Gasteiger partial charge on any atom is 0.326 e. The van der Waals surface area contributed by atoms with E-state index in [0.29, 0.717) is 4.88 Å². The molecule has 0 aliphatic heterocycles. The van der Waals surface area contributed by atoms with Crippen LogP contribution in [0.1, 0.15) is 21.0 Å². The van der Waals surface area contributed by atoms with Crippen LogP contribution in [0.25, 0.3) is 0 Å². The number of aryl methyl sites for hydroxylation is 1. The monoisotopic (exact) mass is 257 g/mol. The van der Waals surface area contributed by atoms with Crippen LogP contribution < -0.4 is 5.32 Å². The van der Waals surface area contributed by atoms with Gasteiger partial charge < -0.3 is 15.5 Å². The molecule has 92 valence electrons. The number of hydrogen-bond donors (Lipinski definition) is 3. The smallest absolute Gasteiger partial charge is 0.326 e. The van der Waals surface area contributed by atoms with Crippen molar-refractivity contribution in [1.29, 1.82) is 0 Å². The highest BCUT2D eigenvalue weighted by molar-refractivity contribution is 7.13. The first kappa shape index (κ1) is 13.2. The largest absolute Gasteiger partial charge is 0.481 e. The van der Waals surface area contributed by atoms with Crippen molar-refractivity contribution in [2.75, 3.05) is 0 Å². The predicted octanol–water partition coefficient (Wildman–Crippen LogP) is 0.714. The van der Waals surface area contributed by atoms with Gasteiger partial charge in [0.25, 0.3) is 5.91 Å². The SMILES string of the molecule is Cc1ccc(C(=O)N[C@@H](CC(=O)O)C(=O)O)s1. The van der Waals surface area contributed by atoms with E-state index in [0.717, 1.165) is 4.88 Å². The Kier molecular flexibility index (Phi) is 4.22. The van der Waals surface area contributed by atoms with Crippen molar-refractivity contribution in [2.45, 2.75) is 19.4 Å². The molecule has 1 atom stereocenters. The van der Waals surface area contributed by atoms with E-state index >= 15 is 0 Å². The average Bonchev–Trinajstić information content (AvgIpc) is 2.63. The van der Waals surface area contributed by atoms with E-state index in [1.54, 1.807) is 12.1 Å². The molecule has 6 nitrogen and oxygen atoms in total. The molecule has 0 fully saturated rings. The Balaban J connectivity index is 2.70. The highest BCUT2D eigenvalue weighted by Crippen LogP contribution is 2.15. The number of carboxylic acids is 2. The lowest BCUT2D eigenvalue weighted by Gasteiger charge is -2.11. The first-order valence-electron chi connectivity index (χ1n) is 4.72. The summed E-state index contributed by atoms with van der Waals surface area (Å²) in [5, 5.41) is 19.4. The van der Waals surface area contributed by atoms with Crippen LogP contribution in [0.2, 0.25) is 0 Å². The number of nitrogens with one attached hydrogen (secondary N) is 1. The van der Waals surface area contributed by atoms with Gasteiger partial charge in [-0.25, -0.2) is 4.79 Å². The summed E-state index contributed by atoms with van der Waals surface area (Å²) in [4.78, 5) is 34.0. The summed E-state index contributed by atoms with van der Waals surface area (Å²) in [5.74, 6) is -3.22. The lowest BCUT2D eigenvalue weighted by atomic mass is 10.2. The minimum absolute atomic E-state index is 0.360. The molecular formula is C10H11NO5S. The van der Waals surface area contributed by atoms with Crippen molar-refractivity contribution in [3.63, 3.8) is 0 Å². The zero-order valence-corrected chi connectivity index (χ0v) is 9.78. The molecule has 17 heavy (non-hydrogen) atoms. The Morgan fingerprint density at radius 2 is 2.00 bits per heavy atom. The van der Waals surface area contributed by atoms with E-state index < -0.39 is 30.3 Å². The van der Waals surface area contributed by atoms with Crippen molar-refractivity contribution in [3.8, 4) is 0 Å². The zero-order chi connectivity index (χ0) is 13.0. The van der Waals surface area contributed by atoms with Crippen LogP contribution in [0.3, 0.4) is 0 Å². The van der Waals surface area contributed by atoms with Crippen LogP contribution >= 0.6 is 11.3 Å². The van der Waals surface area contributed by atoms with Gasteiger partial charge in [-0.1, -0.05) is 0 Å². The Hall–Kier alpha value is -1.89. The highest BCUT2D eigenvalue weighted by Gasteiger charge is 2.23. The molecule has 0 saturated carbocycles. The molecular weight excluding hydrogens is 246 g/mol. The van der Waals surface area contributed by atoms with E-state index in [1.807, 2.05) is 6.92 Å². The van der Waals surface area contributed by atoms with Crippen molar-refractivity contribution in [3.05, 3.63) is 21.9 Å². The quantitative estimate of drug-likeness (QED) is 0.720. The van der Waals surface area contributed by atoms with Gasteiger partial charge in [0.1, 0.15) is 6.04 Å². The Bertz CT molecular complexity index is 453. The summed E-state index contributed by atoms with van der Waals surface area (Å²) in [7, 11) is 0. The molecule has 1 rings (SSSR count). The molecule has 1 amide bonds. The molecule has 0 radical (unpaired) electrons. The second-order valence-corrected chi connectivity index (χ2v) is 4.66. The summed E-state index contributed by atoms with van der Waals surface area (Å²) >= 11 is 1.22. The number of aliphatic carboxylic acids is 2. The third-order valence-electron chi connectivity index (χ3n) is 1.95. The number of carboxylic acid groups (broad SMARTS) is 2. The van der Waals surface area contributed by atoms with Gasteiger partial charge in [0, 0.05) is 4.88 Å². The fourth-order valence-corrected chi connectivity index (χ4v) is 1.93. The standard InChI is InChI=1S/C10H11NO5S/c1-5-2-3-7(17-5)9(14)11-6(10(15)16)4-8(12)13/h2-3,6H,4H2,1H3,(H,11,14)(H,12,13)(H,15,16)/t6-/m0/s1. The topological polar surface area (TPSA) is 104 Å². The summed E-state index contributed by atoms with van der Waals surface area (Å²) < 4.78 is 0. The molecule has 1 aromatic heterocycles. The Morgan fingerprint density at radius 1 is 1.35 bits per heavy atom.